The number of carbonyl (C=O) groups is 2. The number of hydrogen-bond donors (Lipinski definition) is 0. The fourth-order valence-electron chi connectivity index (χ4n) is 4.25. The third-order valence-corrected chi connectivity index (χ3v) is 8.59. The van der Waals surface area contributed by atoms with Crippen molar-refractivity contribution in [2.75, 3.05) is 13.7 Å². The molecule has 1 atom stereocenters. The lowest BCUT2D eigenvalue weighted by Gasteiger charge is -2.47. The van der Waals surface area contributed by atoms with E-state index in [9.17, 15) is 18.0 Å². The van der Waals surface area contributed by atoms with Crippen molar-refractivity contribution in [2.24, 2.45) is 0 Å². The second-order valence-corrected chi connectivity index (χ2v) is 11.7. The van der Waals surface area contributed by atoms with Crippen LogP contribution in [0.1, 0.15) is 25.8 Å². The molecule has 1 unspecified atom stereocenters. The number of hydrogen-bond acceptors (Lipinski definition) is 5. The predicted octanol–water partition coefficient (Wildman–Crippen LogP) is 3.99. The van der Waals surface area contributed by atoms with E-state index in [0.29, 0.717) is 0 Å². The van der Waals surface area contributed by atoms with Gasteiger partial charge in [0.05, 0.1) is 7.11 Å². The average molecular weight is 583 g/mol. The van der Waals surface area contributed by atoms with Crippen LogP contribution in [-0.4, -0.2) is 60.1 Å². The van der Waals surface area contributed by atoms with Crippen molar-refractivity contribution >= 4 is 49.4 Å². The molecule has 8 nitrogen and oxygen atoms in total. The lowest BCUT2D eigenvalue weighted by atomic mass is 10.00. The van der Waals surface area contributed by atoms with Gasteiger partial charge in [0.25, 0.3) is 10.0 Å². The maximum Gasteiger partial charge on any atom is 0.269 e. The van der Waals surface area contributed by atoms with Crippen LogP contribution in [0.3, 0.4) is 0 Å². The molecular formula is C24H25BrClN3O5S. The lowest BCUT2D eigenvalue weighted by molar-refractivity contribution is -0.148. The van der Waals surface area contributed by atoms with Crippen molar-refractivity contribution in [3.05, 3.63) is 69.5 Å². The zero-order valence-corrected chi connectivity index (χ0v) is 22.6. The molecule has 0 aliphatic carbocycles. The molecule has 0 spiro atoms. The molecule has 2 aromatic rings. The Kier molecular flexibility index (Phi) is 7.17. The van der Waals surface area contributed by atoms with E-state index in [0.717, 1.165) is 10.0 Å². The minimum absolute atomic E-state index is 0.0642. The number of fused-ring (bicyclic) bond motifs is 1. The standard InChI is InChI=1S/C24H25BrClN3O5S/c1-15(2)27-14-22-28(35(32,33)21-13-18(26)8-9-20(21)34-3)11-10-23(30)29(22)19(24(27)31)12-16-4-6-17(25)7-5-16/h4-9,13-15,19H,10-12H2,1-3H3. The fourth-order valence-corrected chi connectivity index (χ4v) is 6.38. The smallest absolute Gasteiger partial charge is 0.269 e. The van der Waals surface area contributed by atoms with Crippen LogP contribution in [0.5, 0.6) is 5.75 Å². The molecule has 4 rings (SSSR count). The van der Waals surface area contributed by atoms with Gasteiger partial charge >= 0.3 is 0 Å². The van der Waals surface area contributed by atoms with Crippen molar-refractivity contribution < 1.29 is 22.7 Å². The van der Waals surface area contributed by atoms with Crippen LogP contribution >= 0.6 is 27.5 Å². The van der Waals surface area contributed by atoms with E-state index in [2.05, 4.69) is 15.9 Å². The van der Waals surface area contributed by atoms with Crippen molar-refractivity contribution in [1.29, 1.82) is 0 Å². The molecule has 2 amide bonds. The molecule has 1 saturated heterocycles. The Hall–Kier alpha value is -2.56. The summed E-state index contributed by atoms with van der Waals surface area (Å²) in [6, 6.07) is 10.7. The van der Waals surface area contributed by atoms with E-state index in [1.165, 1.54) is 39.5 Å². The molecule has 2 heterocycles. The van der Waals surface area contributed by atoms with Crippen LogP contribution in [0.25, 0.3) is 0 Å². The minimum atomic E-state index is -4.17. The SMILES string of the molecule is COc1ccc(Cl)cc1S(=O)(=O)N1CCC(=O)N2C1=CN(C(C)C)C(=O)C2Cc1ccc(Br)cc1. The van der Waals surface area contributed by atoms with E-state index < -0.39 is 16.1 Å². The summed E-state index contributed by atoms with van der Waals surface area (Å²) in [6.07, 6.45) is 1.63. The van der Waals surface area contributed by atoms with E-state index in [-0.39, 0.29) is 58.7 Å². The Morgan fingerprint density at radius 3 is 2.46 bits per heavy atom. The number of ether oxygens (including phenoxy) is 1. The Balaban J connectivity index is 1.82. The summed E-state index contributed by atoms with van der Waals surface area (Å²) >= 11 is 9.52. The van der Waals surface area contributed by atoms with E-state index in [1.54, 1.807) is 6.07 Å². The maximum atomic E-state index is 13.8. The van der Waals surface area contributed by atoms with Gasteiger partial charge in [0.15, 0.2) is 0 Å². The van der Waals surface area contributed by atoms with Crippen LogP contribution in [0.4, 0.5) is 0 Å². The largest absolute Gasteiger partial charge is 0.495 e. The summed E-state index contributed by atoms with van der Waals surface area (Å²) in [6.45, 7) is 3.61. The quantitative estimate of drug-likeness (QED) is 0.514. The van der Waals surface area contributed by atoms with Gasteiger partial charge in [0.2, 0.25) is 11.8 Å². The fraction of sp³-hybridized carbons (Fsp3) is 0.333. The summed E-state index contributed by atoms with van der Waals surface area (Å²) < 4.78 is 35.0. The topological polar surface area (TPSA) is 87.2 Å². The summed E-state index contributed by atoms with van der Waals surface area (Å²) in [4.78, 5) is 29.3. The molecule has 0 saturated carbocycles. The first kappa shape index (κ1) is 25.5. The first-order valence-corrected chi connectivity index (χ1v) is 13.6. The first-order valence-electron chi connectivity index (χ1n) is 11.0. The molecule has 11 heteroatoms. The molecule has 2 aromatic carbocycles. The van der Waals surface area contributed by atoms with Crippen molar-refractivity contribution in [3.63, 3.8) is 0 Å². The third kappa shape index (κ3) is 4.79. The average Bonchev–Trinajstić information content (AvgIpc) is 2.81. The van der Waals surface area contributed by atoms with Gasteiger partial charge in [0, 0.05) is 41.1 Å². The predicted molar refractivity (Wildman–Crippen MR) is 135 cm³/mol. The molecular weight excluding hydrogens is 558 g/mol. The van der Waals surface area contributed by atoms with Crippen molar-refractivity contribution in [2.45, 2.75) is 43.7 Å². The summed E-state index contributed by atoms with van der Waals surface area (Å²) in [5, 5.41) is 0.235. The number of benzene rings is 2. The molecule has 35 heavy (non-hydrogen) atoms. The van der Waals surface area contributed by atoms with E-state index in [4.69, 9.17) is 16.3 Å². The lowest BCUT2D eigenvalue weighted by Crippen LogP contribution is -2.61. The van der Waals surface area contributed by atoms with E-state index in [1.807, 2.05) is 38.1 Å². The number of methoxy groups -OCH3 is 1. The zero-order chi connectivity index (χ0) is 25.5. The van der Waals surface area contributed by atoms with Crippen LogP contribution in [0.15, 0.2) is 63.9 Å². The van der Waals surface area contributed by atoms with Crippen LogP contribution in [0.2, 0.25) is 5.02 Å². The molecule has 1 fully saturated rings. The maximum absolute atomic E-state index is 13.8. The van der Waals surface area contributed by atoms with Gasteiger partial charge in [-0.2, -0.15) is 0 Å². The molecule has 2 aliphatic heterocycles. The monoisotopic (exact) mass is 581 g/mol. The van der Waals surface area contributed by atoms with Gasteiger partial charge in [0.1, 0.15) is 22.5 Å². The summed E-state index contributed by atoms with van der Waals surface area (Å²) in [7, 11) is -2.80. The van der Waals surface area contributed by atoms with Gasteiger partial charge in [-0.15, -0.1) is 0 Å². The Labute approximate surface area is 218 Å². The Morgan fingerprint density at radius 1 is 1.14 bits per heavy atom. The highest BCUT2D eigenvalue weighted by Gasteiger charge is 2.47. The van der Waals surface area contributed by atoms with E-state index >= 15 is 0 Å². The molecule has 0 radical (unpaired) electrons. The van der Waals surface area contributed by atoms with Crippen LogP contribution < -0.4 is 4.74 Å². The molecule has 0 aromatic heterocycles. The first-order chi connectivity index (χ1) is 16.5. The van der Waals surface area contributed by atoms with Gasteiger partial charge in [-0.3, -0.25) is 14.5 Å². The minimum Gasteiger partial charge on any atom is -0.495 e. The summed E-state index contributed by atoms with van der Waals surface area (Å²) in [5.41, 5.74) is 0.848. The molecule has 0 N–H and O–H groups in total. The molecule has 2 aliphatic rings. The zero-order valence-electron chi connectivity index (χ0n) is 19.4. The third-order valence-electron chi connectivity index (χ3n) is 6.00. The number of sulfonamides is 1. The number of carbonyl (C=O) groups excluding carboxylic acids is 2. The Morgan fingerprint density at radius 2 is 1.83 bits per heavy atom. The number of rotatable bonds is 6. The Bertz CT molecular complexity index is 1300. The molecule has 0 bridgehead atoms. The number of nitrogens with zero attached hydrogens (tertiary/aromatic N) is 3. The van der Waals surface area contributed by atoms with Crippen molar-refractivity contribution in [1.82, 2.24) is 14.1 Å². The van der Waals surface area contributed by atoms with Crippen molar-refractivity contribution in [3.8, 4) is 5.75 Å². The van der Waals surface area contributed by atoms with Crippen LogP contribution in [0, 0.1) is 0 Å². The molecule has 186 valence electrons. The van der Waals surface area contributed by atoms with Crippen LogP contribution in [-0.2, 0) is 26.0 Å². The number of amides is 2. The van der Waals surface area contributed by atoms with Gasteiger partial charge in [-0.1, -0.05) is 39.7 Å². The van der Waals surface area contributed by atoms with Gasteiger partial charge in [-0.05, 0) is 49.7 Å². The highest BCUT2D eigenvalue weighted by molar-refractivity contribution is 9.10. The normalized spacial score (nSPS) is 18.6. The second kappa shape index (κ2) is 9.83. The highest BCUT2D eigenvalue weighted by atomic mass is 79.9. The second-order valence-electron chi connectivity index (χ2n) is 8.56. The van der Waals surface area contributed by atoms with Gasteiger partial charge in [-0.25, -0.2) is 12.7 Å². The summed E-state index contributed by atoms with van der Waals surface area (Å²) in [5.74, 6) is -0.296. The highest BCUT2D eigenvalue weighted by Crippen LogP contribution is 2.37. The van der Waals surface area contributed by atoms with Gasteiger partial charge < -0.3 is 9.64 Å². The number of halogens is 2.